The van der Waals surface area contributed by atoms with Crippen molar-refractivity contribution in [2.24, 2.45) is 0 Å². The van der Waals surface area contributed by atoms with Gasteiger partial charge in [0, 0.05) is 5.75 Å². The summed E-state index contributed by atoms with van der Waals surface area (Å²) in [6, 6.07) is 6.06. The summed E-state index contributed by atoms with van der Waals surface area (Å²) in [5.74, 6) is -0.414. The average molecular weight is 200 g/mol. The minimum absolute atomic E-state index is 0.0807. The summed E-state index contributed by atoms with van der Waals surface area (Å²) < 4.78 is 12.4. The molecule has 4 heteroatoms. The Hall–Kier alpha value is -1.03. The van der Waals surface area contributed by atoms with E-state index in [2.05, 4.69) is 0 Å². The Morgan fingerprint density at radius 2 is 2.00 bits per heavy atom. The van der Waals surface area contributed by atoms with Gasteiger partial charge in [0.15, 0.2) is 0 Å². The highest BCUT2D eigenvalue weighted by molar-refractivity contribution is 7.99. The second-order valence-corrected chi connectivity index (χ2v) is 3.50. The molecular formula is C9H9FO2S. The molecule has 0 amide bonds. The summed E-state index contributed by atoms with van der Waals surface area (Å²) in [5, 5.41) is 8.35. The maximum atomic E-state index is 12.4. The molecule has 1 N–H and O–H groups in total. The van der Waals surface area contributed by atoms with E-state index in [4.69, 9.17) is 5.11 Å². The van der Waals surface area contributed by atoms with Crippen molar-refractivity contribution in [2.45, 2.75) is 5.75 Å². The fourth-order valence-electron chi connectivity index (χ4n) is 0.837. The van der Waals surface area contributed by atoms with Crippen LogP contribution in [-0.2, 0) is 10.5 Å². The Balaban J connectivity index is 2.37. The second kappa shape index (κ2) is 4.87. The molecule has 0 fully saturated rings. The van der Waals surface area contributed by atoms with Gasteiger partial charge in [-0.2, -0.15) is 0 Å². The number of carbonyl (C=O) groups is 1. The van der Waals surface area contributed by atoms with Gasteiger partial charge < -0.3 is 5.11 Å². The van der Waals surface area contributed by atoms with Gasteiger partial charge in [-0.1, -0.05) is 12.1 Å². The highest BCUT2D eigenvalue weighted by Gasteiger charge is 1.98. The van der Waals surface area contributed by atoms with Gasteiger partial charge in [-0.05, 0) is 17.7 Å². The zero-order valence-corrected chi connectivity index (χ0v) is 7.68. The molecule has 0 aromatic heterocycles. The zero-order valence-electron chi connectivity index (χ0n) is 6.87. The number of hydrogen-bond acceptors (Lipinski definition) is 2. The summed E-state index contributed by atoms with van der Waals surface area (Å²) in [6.45, 7) is 0. The third-order valence-corrected chi connectivity index (χ3v) is 2.40. The lowest BCUT2D eigenvalue weighted by atomic mass is 10.2. The Morgan fingerprint density at radius 3 is 2.54 bits per heavy atom. The first-order valence-electron chi connectivity index (χ1n) is 3.72. The van der Waals surface area contributed by atoms with Crippen LogP contribution in [0.15, 0.2) is 24.3 Å². The van der Waals surface area contributed by atoms with Gasteiger partial charge >= 0.3 is 5.97 Å². The summed E-state index contributed by atoms with van der Waals surface area (Å²) in [5.41, 5.74) is 0.938. The van der Waals surface area contributed by atoms with Gasteiger partial charge in [0.25, 0.3) is 0 Å². The third kappa shape index (κ3) is 3.94. The van der Waals surface area contributed by atoms with E-state index in [-0.39, 0.29) is 11.6 Å². The minimum atomic E-state index is -0.827. The fraction of sp³-hybridized carbons (Fsp3) is 0.222. The van der Waals surface area contributed by atoms with Crippen LogP contribution in [0.5, 0.6) is 0 Å². The molecule has 0 saturated carbocycles. The van der Waals surface area contributed by atoms with Gasteiger partial charge in [-0.25, -0.2) is 4.39 Å². The molecule has 0 aliphatic carbocycles. The Bertz CT molecular complexity index is 284. The van der Waals surface area contributed by atoms with Crippen molar-refractivity contribution >= 4 is 17.7 Å². The van der Waals surface area contributed by atoms with Gasteiger partial charge in [0.2, 0.25) is 0 Å². The SMILES string of the molecule is O=C(O)CSCc1ccc(F)cc1. The zero-order chi connectivity index (χ0) is 9.68. The van der Waals surface area contributed by atoms with Gasteiger partial charge in [-0.3, -0.25) is 4.79 Å². The predicted molar refractivity (Wildman–Crippen MR) is 50.2 cm³/mol. The van der Waals surface area contributed by atoms with Crippen molar-refractivity contribution in [3.05, 3.63) is 35.6 Å². The second-order valence-electron chi connectivity index (χ2n) is 2.51. The Morgan fingerprint density at radius 1 is 1.38 bits per heavy atom. The Kier molecular flexibility index (Phi) is 3.76. The van der Waals surface area contributed by atoms with Crippen LogP contribution in [0.25, 0.3) is 0 Å². The first-order chi connectivity index (χ1) is 6.18. The number of hydrogen-bond donors (Lipinski definition) is 1. The van der Waals surface area contributed by atoms with E-state index in [1.165, 1.54) is 23.9 Å². The van der Waals surface area contributed by atoms with Crippen LogP contribution in [-0.4, -0.2) is 16.8 Å². The van der Waals surface area contributed by atoms with Crippen LogP contribution < -0.4 is 0 Å². The van der Waals surface area contributed by atoms with E-state index in [1.54, 1.807) is 12.1 Å². The van der Waals surface area contributed by atoms with E-state index >= 15 is 0 Å². The third-order valence-electron chi connectivity index (χ3n) is 1.41. The van der Waals surface area contributed by atoms with Crippen molar-refractivity contribution in [3.8, 4) is 0 Å². The number of carboxylic acid groups (broad SMARTS) is 1. The van der Waals surface area contributed by atoms with Gasteiger partial charge in [-0.15, -0.1) is 11.8 Å². The summed E-state index contributed by atoms with van der Waals surface area (Å²) in [6.07, 6.45) is 0. The molecule has 0 unspecified atom stereocenters. The molecule has 0 atom stereocenters. The highest BCUT2D eigenvalue weighted by atomic mass is 32.2. The van der Waals surface area contributed by atoms with Crippen molar-refractivity contribution in [1.82, 2.24) is 0 Å². The summed E-state index contributed by atoms with van der Waals surface area (Å²) >= 11 is 1.30. The largest absolute Gasteiger partial charge is 0.481 e. The van der Waals surface area contributed by atoms with E-state index in [9.17, 15) is 9.18 Å². The van der Waals surface area contributed by atoms with Crippen molar-refractivity contribution in [1.29, 1.82) is 0 Å². The number of aliphatic carboxylic acids is 1. The van der Waals surface area contributed by atoms with Crippen LogP contribution in [0.1, 0.15) is 5.56 Å². The number of rotatable bonds is 4. The van der Waals surface area contributed by atoms with Gasteiger partial charge in [0.05, 0.1) is 5.75 Å². The quantitative estimate of drug-likeness (QED) is 0.809. The van der Waals surface area contributed by atoms with Crippen molar-refractivity contribution < 1.29 is 14.3 Å². The molecular weight excluding hydrogens is 191 g/mol. The monoisotopic (exact) mass is 200 g/mol. The molecule has 0 bridgehead atoms. The number of carboxylic acids is 1. The molecule has 0 aliphatic rings. The van der Waals surface area contributed by atoms with Crippen molar-refractivity contribution in [2.75, 3.05) is 5.75 Å². The number of benzene rings is 1. The van der Waals surface area contributed by atoms with Gasteiger partial charge in [0.1, 0.15) is 5.82 Å². The first kappa shape index (κ1) is 10.1. The van der Waals surface area contributed by atoms with E-state index in [1.807, 2.05) is 0 Å². The lowest BCUT2D eigenvalue weighted by molar-refractivity contribution is -0.133. The maximum Gasteiger partial charge on any atom is 0.313 e. The summed E-state index contributed by atoms with van der Waals surface area (Å²) in [7, 11) is 0. The Labute approximate surface area is 79.8 Å². The van der Waals surface area contributed by atoms with E-state index in [0.717, 1.165) is 5.56 Å². The van der Waals surface area contributed by atoms with Crippen LogP contribution >= 0.6 is 11.8 Å². The van der Waals surface area contributed by atoms with Crippen LogP contribution in [0.3, 0.4) is 0 Å². The smallest absolute Gasteiger partial charge is 0.313 e. The topological polar surface area (TPSA) is 37.3 Å². The molecule has 1 rings (SSSR count). The predicted octanol–water partition coefficient (Wildman–Crippen LogP) is 2.14. The number of halogens is 1. The molecule has 1 aromatic carbocycles. The molecule has 0 aliphatic heterocycles. The molecule has 0 saturated heterocycles. The van der Waals surface area contributed by atoms with Crippen LogP contribution in [0, 0.1) is 5.82 Å². The molecule has 1 aromatic rings. The van der Waals surface area contributed by atoms with Crippen LogP contribution in [0.4, 0.5) is 4.39 Å². The number of thioether (sulfide) groups is 1. The fourth-order valence-corrected chi connectivity index (χ4v) is 1.54. The molecule has 0 radical (unpaired) electrons. The molecule has 70 valence electrons. The minimum Gasteiger partial charge on any atom is -0.481 e. The normalized spacial score (nSPS) is 9.92. The van der Waals surface area contributed by atoms with E-state index in [0.29, 0.717) is 5.75 Å². The maximum absolute atomic E-state index is 12.4. The lowest BCUT2D eigenvalue weighted by Gasteiger charge is -1.98. The van der Waals surface area contributed by atoms with Crippen molar-refractivity contribution in [3.63, 3.8) is 0 Å². The standard InChI is InChI=1S/C9H9FO2S/c10-8-3-1-7(2-4-8)5-13-6-9(11)12/h1-4H,5-6H2,(H,11,12). The molecule has 2 nitrogen and oxygen atoms in total. The molecule has 13 heavy (non-hydrogen) atoms. The molecule has 0 heterocycles. The lowest BCUT2D eigenvalue weighted by Crippen LogP contribution is -1.98. The van der Waals surface area contributed by atoms with E-state index < -0.39 is 5.97 Å². The average Bonchev–Trinajstić information content (AvgIpc) is 2.08. The van der Waals surface area contributed by atoms with Crippen LogP contribution in [0.2, 0.25) is 0 Å². The first-order valence-corrected chi connectivity index (χ1v) is 4.88. The molecule has 0 spiro atoms. The highest BCUT2D eigenvalue weighted by Crippen LogP contribution is 2.12. The summed E-state index contributed by atoms with van der Waals surface area (Å²) in [4.78, 5) is 10.2.